The van der Waals surface area contributed by atoms with Gasteiger partial charge in [-0.05, 0) is 31.0 Å². The molecule has 3 rings (SSSR count). The summed E-state index contributed by atoms with van der Waals surface area (Å²) in [7, 11) is -3.48. The highest BCUT2D eigenvalue weighted by Crippen LogP contribution is 2.28. The van der Waals surface area contributed by atoms with Gasteiger partial charge in [0.1, 0.15) is 0 Å². The average Bonchev–Trinajstić information content (AvgIpc) is 2.83. The van der Waals surface area contributed by atoms with Crippen molar-refractivity contribution in [3.8, 4) is 0 Å². The second-order valence-electron chi connectivity index (χ2n) is 5.51. The minimum absolute atomic E-state index is 0. The lowest BCUT2D eigenvalue weighted by Gasteiger charge is -2.21. The molecule has 0 amide bonds. The highest BCUT2D eigenvalue weighted by molar-refractivity contribution is 7.89. The Morgan fingerprint density at radius 1 is 1.17 bits per heavy atom. The van der Waals surface area contributed by atoms with Crippen molar-refractivity contribution >= 4 is 45.6 Å². The molecule has 1 N–H and O–H groups in total. The molecule has 5 nitrogen and oxygen atoms in total. The number of fused-ring (bicyclic) bond motifs is 1. The number of aromatic nitrogens is 1. The highest BCUT2D eigenvalue weighted by Gasteiger charge is 2.27. The summed E-state index contributed by atoms with van der Waals surface area (Å²) in [5.74, 6) is 0. The molecule has 0 aliphatic carbocycles. The van der Waals surface area contributed by atoms with E-state index in [-0.39, 0.29) is 24.8 Å². The van der Waals surface area contributed by atoms with E-state index in [1.54, 1.807) is 28.8 Å². The maximum atomic E-state index is 13.1. The van der Waals surface area contributed by atoms with Crippen molar-refractivity contribution in [3.05, 3.63) is 36.2 Å². The van der Waals surface area contributed by atoms with Crippen LogP contribution in [0.25, 0.3) is 10.8 Å². The lowest BCUT2D eigenvalue weighted by Crippen LogP contribution is -2.34. The molecule has 134 valence electrons. The molecule has 1 aliphatic heterocycles. The first-order valence-corrected chi connectivity index (χ1v) is 9.15. The van der Waals surface area contributed by atoms with Gasteiger partial charge >= 0.3 is 0 Å². The van der Waals surface area contributed by atoms with Gasteiger partial charge in [-0.25, -0.2) is 8.42 Å². The Labute approximate surface area is 155 Å². The molecule has 0 bridgehead atoms. The largest absolute Gasteiger partial charge is 0.315 e. The minimum atomic E-state index is -3.48. The number of aryl methyl sites for hydroxylation is 1. The molecule has 1 saturated heterocycles. The standard InChI is InChI=1S/C16H21N3O2S.2ClH/c1-2-13-11-18-12-14-5-3-6-15(16(13)14)22(20,21)19-9-4-7-17-8-10-19;;/h3,5-6,11-12,17H,2,4,7-10H2,1H3;2*1H. The zero-order chi connectivity index (χ0) is 15.6. The Balaban J connectivity index is 0.00000144. The van der Waals surface area contributed by atoms with E-state index in [0.717, 1.165) is 35.7 Å². The quantitative estimate of drug-likeness (QED) is 0.873. The van der Waals surface area contributed by atoms with Gasteiger partial charge in [0, 0.05) is 42.8 Å². The van der Waals surface area contributed by atoms with Crippen LogP contribution in [0, 0.1) is 0 Å². The molecule has 1 aromatic heterocycles. The number of hydrogen-bond donors (Lipinski definition) is 1. The number of nitrogens with one attached hydrogen (secondary N) is 1. The molecule has 2 aromatic rings. The normalized spacial score (nSPS) is 16.0. The van der Waals surface area contributed by atoms with Crippen LogP contribution in [-0.2, 0) is 16.4 Å². The van der Waals surface area contributed by atoms with E-state index < -0.39 is 10.0 Å². The van der Waals surface area contributed by atoms with Crippen LogP contribution in [0.2, 0.25) is 0 Å². The van der Waals surface area contributed by atoms with E-state index >= 15 is 0 Å². The van der Waals surface area contributed by atoms with Crippen molar-refractivity contribution in [1.82, 2.24) is 14.6 Å². The maximum absolute atomic E-state index is 13.1. The Bertz CT molecular complexity index is 771. The summed E-state index contributed by atoms with van der Waals surface area (Å²) in [4.78, 5) is 4.62. The zero-order valence-corrected chi connectivity index (χ0v) is 16.0. The van der Waals surface area contributed by atoms with Gasteiger partial charge < -0.3 is 5.32 Å². The van der Waals surface area contributed by atoms with E-state index in [1.165, 1.54) is 0 Å². The van der Waals surface area contributed by atoms with Crippen LogP contribution < -0.4 is 5.32 Å². The number of nitrogens with zero attached hydrogens (tertiary/aromatic N) is 2. The second-order valence-corrected chi connectivity index (χ2v) is 7.42. The molecule has 0 radical (unpaired) electrons. The van der Waals surface area contributed by atoms with Crippen LogP contribution in [0.1, 0.15) is 18.9 Å². The average molecular weight is 392 g/mol. The van der Waals surface area contributed by atoms with Gasteiger partial charge in [0.15, 0.2) is 0 Å². The summed E-state index contributed by atoms with van der Waals surface area (Å²) >= 11 is 0. The molecule has 24 heavy (non-hydrogen) atoms. The molecule has 0 spiro atoms. The van der Waals surface area contributed by atoms with Crippen molar-refractivity contribution in [2.45, 2.75) is 24.7 Å². The molecule has 0 saturated carbocycles. The number of sulfonamides is 1. The molecular weight excluding hydrogens is 369 g/mol. The Morgan fingerprint density at radius 3 is 2.71 bits per heavy atom. The lowest BCUT2D eigenvalue weighted by atomic mass is 10.1. The first-order valence-electron chi connectivity index (χ1n) is 7.71. The van der Waals surface area contributed by atoms with E-state index in [2.05, 4.69) is 10.3 Å². The summed E-state index contributed by atoms with van der Waals surface area (Å²) in [5, 5.41) is 4.94. The first kappa shape index (κ1) is 21.1. The zero-order valence-electron chi connectivity index (χ0n) is 13.6. The Hall–Kier alpha value is -0.920. The molecule has 1 aromatic carbocycles. The van der Waals surface area contributed by atoms with Gasteiger partial charge in [-0.1, -0.05) is 19.1 Å². The number of rotatable bonds is 3. The fourth-order valence-electron chi connectivity index (χ4n) is 2.95. The number of benzene rings is 1. The van der Waals surface area contributed by atoms with Crippen molar-refractivity contribution in [2.24, 2.45) is 0 Å². The highest BCUT2D eigenvalue weighted by atomic mass is 35.5. The number of hydrogen-bond acceptors (Lipinski definition) is 4. The third-order valence-corrected chi connectivity index (χ3v) is 6.06. The summed E-state index contributed by atoms with van der Waals surface area (Å²) in [6, 6.07) is 5.44. The van der Waals surface area contributed by atoms with Gasteiger partial charge in [-0.3, -0.25) is 4.98 Å². The first-order chi connectivity index (χ1) is 10.6. The van der Waals surface area contributed by atoms with E-state index in [9.17, 15) is 8.42 Å². The van der Waals surface area contributed by atoms with Crippen LogP contribution in [0.4, 0.5) is 0 Å². The number of pyridine rings is 1. The molecule has 0 unspecified atom stereocenters. The second kappa shape index (κ2) is 8.97. The Morgan fingerprint density at radius 2 is 1.96 bits per heavy atom. The van der Waals surface area contributed by atoms with E-state index in [1.807, 2.05) is 13.0 Å². The third-order valence-electron chi connectivity index (χ3n) is 4.12. The monoisotopic (exact) mass is 391 g/mol. The van der Waals surface area contributed by atoms with Crippen molar-refractivity contribution in [2.75, 3.05) is 26.2 Å². The van der Waals surface area contributed by atoms with Gasteiger partial charge in [0.25, 0.3) is 0 Å². The Kier molecular flexibility index (Phi) is 7.89. The summed E-state index contributed by atoms with van der Waals surface area (Å²) in [6.45, 7) is 4.68. The third kappa shape index (κ3) is 4.00. The molecule has 8 heteroatoms. The maximum Gasteiger partial charge on any atom is 0.243 e. The van der Waals surface area contributed by atoms with Crippen LogP contribution in [0.15, 0.2) is 35.5 Å². The molecule has 2 heterocycles. The van der Waals surface area contributed by atoms with Gasteiger partial charge in [0.2, 0.25) is 10.0 Å². The van der Waals surface area contributed by atoms with Crippen molar-refractivity contribution in [1.29, 1.82) is 0 Å². The lowest BCUT2D eigenvalue weighted by molar-refractivity contribution is 0.432. The summed E-state index contributed by atoms with van der Waals surface area (Å²) in [6.07, 6.45) is 5.10. The smallest absolute Gasteiger partial charge is 0.243 e. The number of halogens is 2. The van der Waals surface area contributed by atoms with Crippen LogP contribution in [-0.4, -0.2) is 43.9 Å². The topological polar surface area (TPSA) is 62.3 Å². The predicted octanol–water partition coefficient (Wildman–Crippen LogP) is 2.62. The van der Waals surface area contributed by atoms with Gasteiger partial charge in [0.05, 0.1) is 4.90 Å². The van der Waals surface area contributed by atoms with E-state index in [0.29, 0.717) is 24.5 Å². The SMILES string of the molecule is CCc1cncc2cccc(S(=O)(=O)N3CCCNCC3)c12.Cl.Cl. The van der Waals surface area contributed by atoms with Gasteiger partial charge in [-0.2, -0.15) is 4.31 Å². The van der Waals surface area contributed by atoms with Gasteiger partial charge in [-0.15, -0.1) is 24.8 Å². The minimum Gasteiger partial charge on any atom is -0.315 e. The molecular formula is C16H23Cl2N3O2S. The van der Waals surface area contributed by atoms with E-state index in [4.69, 9.17) is 0 Å². The predicted molar refractivity (Wildman–Crippen MR) is 102 cm³/mol. The van der Waals surface area contributed by atoms with Crippen molar-refractivity contribution < 1.29 is 8.42 Å². The summed E-state index contributed by atoms with van der Waals surface area (Å²) in [5.41, 5.74) is 0.977. The molecule has 1 aliphatic rings. The molecule has 1 fully saturated rings. The van der Waals surface area contributed by atoms with Crippen LogP contribution in [0.3, 0.4) is 0 Å². The fraction of sp³-hybridized carbons (Fsp3) is 0.438. The molecule has 0 atom stereocenters. The van der Waals surface area contributed by atoms with Crippen LogP contribution >= 0.6 is 24.8 Å². The van der Waals surface area contributed by atoms with Crippen molar-refractivity contribution in [3.63, 3.8) is 0 Å². The summed E-state index contributed by atoms with van der Waals surface area (Å²) < 4.78 is 27.8. The van der Waals surface area contributed by atoms with Crippen LogP contribution in [0.5, 0.6) is 0 Å². The fourth-order valence-corrected chi connectivity index (χ4v) is 4.69.